The lowest BCUT2D eigenvalue weighted by molar-refractivity contribution is -0.870. The molecule has 0 fully saturated rings. The lowest BCUT2D eigenvalue weighted by Gasteiger charge is -2.28. The fraction of sp³-hybridized carbons (Fsp3) is 0.614. The smallest absolute Gasteiger partial charge is 0.306 e. The summed E-state index contributed by atoms with van der Waals surface area (Å²) in [5.41, 5.74) is 0. The van der Waals surface area contributed by atoms with Crippen molar-refractivity contribution in [3.05, 3.63) is 194 Å². The van der Waals surface area contributed by atoms with Gasteiger partial charge in [0.05, 0.1) is 27.7 Å². The first-order chi connectivity index (χ1) is 48.0. The largest absolute Gasteiger partial charge is 0.756 e. The average Bonchev–Trinajstić information content (AvgIpc) is 1.23. The van der Waals surface area contributed by atoms with Crippen molar-refractivity contribution in [1.82, 2.24) is 0 Å². The summed E-state index contributed by atoms with van der Waals surface area (Å²) < 4.78 is 34.4. The van der Waals surface area contributed by atoms with E-state index in [-0.39, 0.29) is 26.1 Å². The van der Waals surface area contributed by atoms with Gasteiger partial charge in [-0.15, -0.1) is 0 Å². The molecule has 0 heterocycles. The van der Waals surface area contributed by atoms with E-state index in [2.05, 4.69) is 208 Å². The third-order valence-corrected chi connectivity index (χ3v) is 17.1. The van der Waals surface area contributed by atoms with E-state index >= 15 is 0 Å². The number of phosphoric ester groups is 1. The van der Waals surface area contributed by atoms with Crippen LogP contribution in [0.5, 0.6) is 0 Å². The number of quaternary nitrogens is 1. The Morgan fingerprint density at radius 3 is 0.816 bits per heavy atom. The number of ether oxygens (including phenoxy) is 2. The van der Waals surface area contributed by atoms with Crippen LogP contribution in [0.3, 0.4) is 0 Å². The molecule has 0 N–H and O–H groups in total. The van der Waals surface area contributed by atoms with E-state index in [4.69, 9.17) is 18.5 Å². The molecule has 9 nitrogen and oxygen atoms in total. The molecule has 0 radical (unpaired) electrons. The van der Waals surface area contributed by atoms with E-state index in [0.29, 0.717) is 17.4 Å². The summed E-state index contributed by atoms with van der Waals surface area (Å²) >= 11 is 0. The van der Waals surface area contributed by atoms with E-state index in [9.17, 15) is 19.0 Å². The second-order valence-electron chi connectivity index (χ2n) is 26.6. The number of carbonyl (C=O) groups is 2. The average molecular weight is 1380 g/mol. The molecule has 0 saturated carbocycles. The standard InChI is InChI=1S/C88H144NO8P/c1-6-8-10-12-14-16-18-20-22-24-26-28-30-32-34-36-38-40-42-43-44-45-47-49-51-53-55-57-59-61-63-65-67-69-71-73-75-77-79-81-88(91)97-86(85-96-98(92,93)95-83-82-89(3,4)5)84-94-87(90)80-78-76-74-72-70-68-66-64-62-60-58-56-54-52-50-48-46-41-39-37-35-33-31-29-27-25-23-21-19-17-15-13-11-9-7-2/h8-11,14-17,20-23,26-29,32-35,38-41,43-44,47-50,54,56,86H,6-7,12-13,18-19,24-25,30-31,36-37,42,45-46,51-53,55,57-85H2,1-5H3/b10-8-,11-9-,16-14-,17-15-,22-20-,23-21-,28-26-,29-27-,34-32-,35-33-,40-38-,41-39-,44-43-,49-47-,50-48-,56-54-. The first kappa shape index (κ1) is 92.8. The Kier molecular flexibility index (Phi) is 72.0. The fourth-order valence-electron chi connectivity index (χ4n) is 10.2. The number of allylic oxidation sites excluding steroid dienone is 32. The van der Waals surface area contributed by atoms with E-state index < -0.39 is 32.5 Å². The first-order valence-electron chi connectivity index (χ1n) is 39.1. The molecule has 0 aromatic rings. The normalized spacial score (nSPS) is 14.1. The number of hydrogen-bond donors (Lipinski definition) is 0. The molecule has 2 atom stereocenters. The number of unbranched alkanes of at least 4 members (excludes halogenated alkanes) is 24. The predicted molar refractivity (Wildman–Crippen MR) is 424 cm³/mol. The van der Waals surface area contributed by atoms with Crippen LogP contribution in [0.2, 0.25) is 0 Å². The van der Waals surface area contributed by atoms with Crippen molar-refractivity contribution in [3.63, 3.8) is 0 Å². The summed E-state index contributed by atoms with van der Waals surface area (Å²) in [4.78, 5) is 38.2. The van der Waals surface area contributed by atoms with Crippen molar-refractivity contribution >= 4 is 19.8 Å². The Hall–Kier alpha value is -5.15. The Labute approximate surface area is 603 Å². The molecular formula is C88H144NO8P. The molecular weight excluding hydrogens is 1230 g/mol. The zero-order valence-corrected chi connectivity index (χ0v) is 64.0. The van der Waals surface area contributed by atoms with Crippen molar-refractivity contribution in [2.75, 3.05) is 47.5 Å². The highest BCUT2D eigenvalue weighted by molar-refractivity contribution is 7.45. The molecule has 0 rings (SSSR count). The van der Waals surface area contributed by atoms with Crippen molar-refractivity contribution in [3.8, 4) is 0 Å². The molecule has 0 aliphatic rings. The Bertz CT molecular complexity index is 2360. The molecule has 0 aliphatic carbocycles. The van der Waals surface area contributed by atoms with E-state index in [0.717, 1.165) is 154 Å². The van der Waals surface area contributed by atoms with Gasteiger partial charge in [0, 0.05) is 12.8 Å². The Morgan fingerprint density at radius 1 is 0.316 bits per heavy atom. The van der Waals surface area contributed by atoms with Gasteiger partial charge in [0.25, 0.3) is 7.82 Å². The first-order valence-corrected chi connectivity index (χ1v) is 40.6. The topological polar surface area (TPSA) is 111 Å². The molecule has 0 spiro atoms. The van der Waals surface area contributed by atoms with Gasteiger partial charge in [0.15, 0.2) is 6.10 Å². The third kappa shape index (κ3) is 79.8. The molecule has 0 amide bonds. The van der Waals surface area contributed by atoms with Crippen molar-refractivity contribution < 1.29 is 42.1 Å². The van der Waals surface area contributed by atoms with Crippen LogP contribution < -0.4 is 4.89 Å². The fourth-order valence-corrected chi connectivity index (χ4v) is 10.9. The quantitative estimate of drug-likeness (QED) is 0.0195. The van der Waals surface area contributed by atoms with Crippen LogP contribution in [0.4, 0.5) is 0 Å². The maximum absolute atomic E-state index is 12.9. The summed E-state index contributed by atoms with van der Waals surface area (Å²) in [5, 5.41) is 0. The van der Waals surface area contributed by atoms with Gasteiger partial charge in [-0.3, -0.25) is 14.2 Å². The zero-order chi connectivity index (χ0) is 71.1. The van der Waals surface area contributed by atoms with Gasteiger partial charge < -0.3 is 27.9 Å². The Morgan fingerprint density at radius 2 is 0.551 bits per heavy atom. The van der Waals surface area contributed by atoms with Crippen molar-refractivity contribution in [2.24, 2.45) is 0 Å². The van der Waals surface area contributed by atoms with Gasteiger partial charge >= 0.3 is 11.9 Å². The maximum Gasteiger partial charge on any atom is 0.306 e. The number of carbonyl (C=O) groups excluding carboxylic acids is 2. The van der Waals surface area contributed by atoms with E-state index in [1.165, 1.54) is 109 Å². The van der Waals surface area contributed by atoms with Crippen molar-refractivity contribution in [2.45, 2.75) is 302 Å². The second-order valence-corrected chi connectivity index (χ2v) is 28.0. The summed E-state index contributed by atoms with van der Waals surface area (Å²) in [6, 6.07) is 0. The van der Waals surface area contributed by atoms with Gasteiger partial charge in [-0.05, 0) is 141 Å². The van der Waals surface area contributed by atoms with E-state index in [1.807, 2.05) is 21.1 Å². The highest BCUT2D eigenvalue weighted by Gasteiger charge is 2.22. The molecule has 0 aliphatic heterocycles. The molecule has 98 heavy (non-hydrogen) atoms. The number of nitrogens with zero attached hydrogens (tertiary/aromatic N) is 1. The maximum atomic E-state index is 12.9. The van der Waals surface area contributed by atoms with Crippen LogP contribution in [0.25, 0.3) is 0 Å². The highest BCUT2D eigenvalue weighted by Crippen LogP contribution is 2.38. The van der Waals surface area contributed by atoms with Gasteiger partial charge in [0.1, 0.15) is 19.8 Å². The number of esters is 2. The molecule has 2 unspecified atom stereocenters. The predicted octanol–water partition coefficient (Wildman–Crippen LogP) is 25.8. The minimum atomic E-state index is -4.66. The van der Waals surface area contributed by atoms with Gasteiger partial charge in [-0.2, -0.15) is 0 Å². The molecule has 0 aromatic heterocycles. The zero-order valence-electron chi connectivity index (χ0n) is 63.2. The summed E-state index contributed by atoms with van der Waals surface area (Å²) in [6.07, 6.45) is 118. The van der Waals surface area contributed by atoms with Gasteiger partial charge in [0.2, 0.25) is 0 Å². The number of phosphoric acid groups is 1. The van der Waals surface area contributed by atoms with Gasteiger partial charge in [-0.1, -0.05) is 337 Å². The van der Waals surface area contributed by atoms with Crippen molar-refractivity contribution in [1.29, 1.82) is 0 Å². The lowest BCUT2D eigenvalue weighted by Crippen LogP contribution is -2.37. The number of likely N-dealkylation sites (N-methyl/N-ethyl adjacent to an activating group) is 1. The van der Waals surface area contributed by atoms with Crippen LogP contribution in [-0.4, -0.2) is 70.0 Å². The highest BCUT2D eigenvalue weighted by atomic mass is 31.2. The second kappa shape index (κ2) is 76.0. The molecule has 10 heteroatoms. The molecule has 0 saturated heterocycles. The summed E-state index contributed by atoms with van der Waals surface area (Å²) in [5.74, 6) is -0.844. The third-order valence-electron chi connectivity index (χ3n) is 16.1. The lowest BCUT2D eigenvalue weighted by atomic mass is 10.0. The van der Waals surface area contributed by atoms with Gasteiger partial charge in [-0.25, -0.2) is 0 Å². The minimum Gasteiger partial charge on any atom is -0.756 e. The minimum absolute atomic E-state index is 0.0399. The number of rotatable bonds is 70. The molecule has 0 aromatic carbocycles. The number of hydrogen-bond acceptors (Lipinski definition) is 8. The molecule has 554 valence electrons. The monoisotopic (exact) mass is 1370 g/mol. The Balaban J connectivity index is 4.07. The molecule has 0 bridgehead atoms. The summed E-state index contributed by atoms with van der Waals surface area (Å²) in [7, 11) is 1.15. The van der Waals surface area contributed by atoms with Crippen LogP contribution in [-0.2, 0) is 32.7 Å². The van der Waals surface area contributed by atoms with Crippen LogP contribution >= 0.6 is 7.82 Å². The van der Waals surface area contributed by atoms with Crippen LogP contribution in [0.15, 0.2) is 194 Å². The van der Waals surface area contributed by atoms with Crippen LogP contribution in [0, 0.1) is 0 Å². The van der Waals surface area contributed by atoms with Crippen LogP contribution in [0.1, 0.15) is 296 Å². The summed E-state index contributed by atoms with van der Waals surface area (Å²) in [6.45, 7) is 4.00. The van der Waals surface area contributed by atoms with E-state index in [1.54, 1.807) is 0 Å². The SMILES string of the molecule is CC/C=C\C/C=C\C/C=C\C/C=C\C/C=C\C/C=C\C/C=C\C/C=C\CCCCCCCCCCCCCCCCC(=O)OC(COC(=O)CCCCCCCCCCCC/C=C\C/C=C\C/C=C\C/C=C\C/C=C\C/C=C\C/C=C\C/C=C\CC)COP(=O)([O-])OCC[N+](C)(C)C.